The minimum absolute atomic E-state index is 0.181. The lowest BCUT2D eigenvalue weighted by Crippen LogP contribution is -2.39. The maximum atomic E-state index is 13.0. The van der Waals surface area contributed by atoms with Crippen molar-refractivity contribution in [1.82, 2.24) is 5.32 Å². The summed E-state index contributed by atoms with van der Waals surface area (Å²) in [6.45, 7) is -0.181. The Bertz CT molecular complexity index is 484. The Morgan fingerprint density at radius 2 is 2.21 bits per heavy atom. The van der Waals surface area contributed by atoms with E-state index in [1.807, 2.05) is 0 Å². The van der Waals surface area contributed by atoms with Crippen LogP contribution >= 0.6 is 15.9 Å². The summed E-state index contributed by atoms with van der Waals surface area (Å²) >= 11 is 2.98. The summed E-state index contributed by atoms with van der Waals surface area (Å²) < 4.78 is 17.8. The van der Waals surface area contributed by atoms with E-state index in [0.29, 0.717) is 5.69 Å². The summed E-state index contributed by atoms with van der Waals surface area (Å²) in [4.78, 5) is 22.1. The van der Waals surface area contributed by atoms with Crippen LogP contribution in [0, 0.1) is 5.82 Å². The highest BCUT2D eigenvalue weighted by Gasteiger charge is 2.17. The predicted molar refractivity (Wildman–Crippen MR) is 69.6 cm³/mol. The van der Waals surface area contributed by atoms with Crippen LogP contribution in [0.5, 0.6) is 0 Å². The van der Waals surface area contributed by atoms with Gasteiger partial charge in [-0.25, -0.2) is 14.0 Å². The SMILES string of the molecule is COC(CNC(=O)Nc1ccc(F)c(Br)c1)C(=O)O. The molecule has 2 amide bonds. The van der Waals surface area contributed by atoms with Crippen LogP contribution in [0.1, 0.15) is 0 Å². The van der Waals surface area contributed by atoms with Crippen molar-refractivity contribution in [2.45, 2.75) is 6.10 Å². The molecule has 1 aromatic carbocycles. The quantitative estimate of drug-likeness (QED) is 0.766. The number of rotatable bonds is 5. The van der Waals surface area contributed by atoms with E-state index in [2.05, 4.69) is 31.3 Å². The minimum Gasteiger partial charge on any atom is -0.479 e. The largest absolute Gasteiger partial charge is 0.479 e. The monoisotopic (exact) mass is 334 g/mol. The van der Waals surface area contributed by atoms with Gasteiger partial charge in [-0.3, -0.25) is 0 Å². The van der Waals surface area contributed by atoms with E-state index >= 15 is 0 Å². The van der Waals surface area contributed by atoms with Crippen LogP contribution < -0.4 is 10.6 Å². The van der Waals surface area contributed by atoms with Crippen molar-refractivity contribution >= 4 is 33.6 Å². The van der Waals surface area contributed by atoms with E-state index in [1.54, 1.807) is 0 Å². The molecule has 8 heteroatoms. The Morgan fingerprint density at radius 1 is 1.53 bits per heavy atom. The van der Waals surface area contributed by atoms with Crippen molar-refractivity contribution in [2.24, 2.45) is 0 Å². The first-order valence-corrected chi connectivity index (χ1v) is 5.99. The normalized spacial score (nSPS) is 11.7. The number of anilines is 1. The Balaban J connectivity index is 2.51. The Morgan fingerprint density at radius 3 is 2.74 bits per heavy atom. The minimum atomic E-state index is -1.17. The first-order valence-electron chi connectivity index (χ1n) is 5.19. The fourth-order valence-electron chi connectivity index (χ4n) is 1.21. The van der Waals surface area contributed by atoms with Crippen LogP contribution in [0.3, 0.4) is 0 Å². The third-order valence-electron chi connectivity index (χ3n) is 2.19. The van der Waals surface area contributed by atoms with Crippen molar-refractivity contribution in [2.75, 3.05) is 19.0 Å². The van der Waals surface area contributed by atoms with Gasteiger partial charge in [0.2, 0.25) is 0 Å². The summed E-state index contributed by atoms with van der Waals surface area (Å²) in [6, 6.07) is 3.35. The lowest BCUT2D eigenvalue weighted by Gasteiger charge is -2.12. The second-order valence-electron chi connectivity index (χ2n) is 3.53. The predicted octanol–water partition coefficient (Wildman–Crippen LogP) is 1.81. The van der Waals surface area contributed by atoms with Gasteiger partial charge >= 0.3 is 12.0 Å². The van der Waals surface area contributed by atoms with E-state index in [1.165, 1.54) is 25.3 Å². The zero-order chi connectivity index (χ0) is 14.4. The van der Waals surface area contributed by atoms with Crippen LogP contribution in [-0.4, -0.2) is 36.9 Å². The molecule has 1 rings (SSSR count). The van der Waals surface area contributed by atoms with Gasteiger partial charge in [-0.1, -0.05) is 0 Å². The standard InChI is InChI=1S/C11H12BrFN2O4/c1-19-9(10(16)17)5-14-11(18)15-6-2-3-8(13)7(12)4-6/h2-4,9H,5H2,1H3,(H,16,17)(H2,14,15,18). The maximum Gasteiger partial charge on any atom is 0.334 e. The highest BCUT2D eigenvalue weighted by molar-refractivity contribution is 9.10. The molecule has 1 atom stereocenters. The summed E-state index contributed by atoms with van der Waals surface area (Å²) in [5, 5.41) is 13.5. The highest BCUT2D eigenvalue weighted by Crippen LogP contribution is 2.19. The number of carbonyl (C=O) groups excluding carboxylic acids is 1. The molecule has 1 unspecified atom stereocenters. The summed E-state index contributed by atoms with van der Waals surface area (Å²) in [7, 11) is 1.23. The number of hydrogen-bond donors (Lipinski definition) is 3. The fourth-order valence-corrected chi connectivity index (χ4v) is 1.58. The molecule has 0 heterocycles. The van der Waals surface area contributed by atoms with Gasteiger partial charge < -0.3 is 20.5 Å². The number of carboxylic acid groups (broad SMARTS) is 1. The van der Waals surface area contributed by atoms with Gasteiger partial charge in [-0.15, -0.1) is 0 Å². The lowest BCUT2D eigenvalue weighted by molar-refractivity contribution is -0.147. The van der Waals surface area contributed by atoms with Crippen LogP contribution in [-0.2, 0) is 9.53 Å². The topological polar surface area (TPSA) is 87.7 Å². The van der Waals surface area contributed by atoms with E-state index in [9.17, 15) is 14.0 Å². The molecule has 0 fully saturated rings. The number of carbonyl (C=O) groups is 2. The Labute approximate surface area is 117 Å². The van der Waals surface area contributed by atoms with E-state index in [-0.39, 0.29) is 11.0 Å². The zero-order valence-corrected chi connectivity index (χ0v) is 11.5. The van der Waals surface area contributed by atoms with Crippen LogP contribution in [0.4, 0.5) is 14.9 Å². The number of halogens is 2. The molecule has 0 aliphatic heterocycles. The van der Waals surface area contributed by atoms with Gasteiger partial charge in [0.05, 0.1) is 11.0 Å². The smallest absolute Gasteiger partial charge is 0.334 e. The third kappa shape index (κ3) is 4.84. The van der Waals surface area contributed by atoms with Crippen LogP contribution in [0.15, 0.2) is 22.7 Å². The number of urea groups is 1. The van der Waals surface area contributed by atoms with Gasteiger partial charge in [-0.05, 0) is 34.1 Å². The van der Waals surface area contributed by atoms with Gasteiger partial charge in [0.25, 0.3) is 0 Å². The van der Waals surface area contributed by atoms with Crippen LogP contribution in [0.2, 0.25) is 0 Å². The maximum absolute atomic E-state index is 13.0. The van der Waals surface area contributed by atoms with Gasteiger partial charge in [0.1, 0.15) is 5.82 Å². The first-order chi connectivity index (χ1) is 8.93. The van der Waals surface area contributed by atoms with Crippen molar-refractivity contribution in [3.8, 4) is 0 Å². The molecule has 19 heavy (non-hydrogen) atoms. The molecule has 0 aromatic heterocycles. The molecular formula is C11H12BrFN2O4. The van der Waals surface area contributed by atoms with Gasteiger partial charge in [-0.2, -0.15) is 0 Å². The number of carboxylic acids is 1. The van der Waals surface area contributed by atoms with Crippen molar-refractivity contribution in [1.29, 1.82) is 0 Å². The highest BCUT2D eigenvalue weighted by atomic mass is 79.9. The molecule has 0 spiro atoms. The summed E-state index contributed by atoms with van der Waals surface area (Å²) in [5.41, 5.74) is 0.370. The molecule has 0 saturated heterocycles. The number of methoxy groups -OCH3 is 1. The molecule has 0 saturated carbocycles. The zero-order valence-electron chi connectivity index (χ0n) is 9.94. The molecule has 0 bridgehead atoms. The number of aliphatic carboxylic acids is 1. The van der Waals surface area contributed by atoms with E-state index in [0.717, 1.165) is 0 Å². The Hall–Kier alpha value is -1.67. The molecule has 1 aromatic rings. The van der Waals surface area contributed by atoms with Gasteiger partial charge in [0, 0.05) is 12.8 Å². The number of hydrogen-bond acceptors (Lipinski definition) is 3. The molecule has 0 radical (unpaired) electrons. The number of benzene rings is 1. The number of nitrogens with one attached hydrogen (secondary N) is 2. The van der Waals surface area contributed by atoms with E-state index in [4.69, 9.17) is 5.11 Å². The Kier molecular flexibility index (Phi) is 5.71. The summed E-state index contributed by atoms with van der Waals surface area (Å²) in [5.74, 6) is -1.62. The molecule has 3 N–H and O–H groups in total. The molecule has 6 nitrogen and oxygen atoms in total. The second kappa shape index (κ2) is 7.05. The fraction of sp³-hybridized carbons (Fsp3) is 0.273. The van der Waals surface area contributed by atoms with Crippen molar-refractivity contribution in [3.63, 3.8) is 0 Å². The number of ether oxygens (including phenoxy) is 1. The summed E-state index contributed by atoms with van der Waals surface area (Å²) in [6.07, 6.45) is -1.12. The molecule has 104 valence electrons. The lowest BCUT2D eigenvalue weighted by atomic mass is 10.3. The molecule has 0 aliphatic rings. The third-order valence-corrected chi connectivity index (χ3v) is 2.79. The second-order valence-corrected chi connectivity index (χ2v) is 4.38. The van der Waals surface area contributed by atoms with Crippen LogP contribution in [0.25, 0.3) is 0 Å². The van der Waals surface area contributed by atoms with Crippen molar-refractivity contribution < 1.29 is 23.8 Å². The van der Waals surface area contributed by atoms with Crippen molar-refractivity contribution in [3.05, 3.63) is 28.5 Å². The van der Waals surface area contributed by atoms with Gasteiger partial charge in [0.15, 0.2) is 6.10 Å². The first kappa shape index (κ1) is 15.4. The molecular weight excluding hydrogens is 323 g/mol. The molecule has 0 aliphatic carbocycles. The van der Waals surface area contributed by atoms with E-state index < -0.39 is 23.9 Å². The number of amides is 2. The average molecular weight is 335 g/mol. The average Bonchev–Trinajstić information content (AvgIpc) is 2.34.